The van der Waals surface area contributed by atoms with Gasteiger partial charge in [0.05, 0.1) is 23.1 Å². The van der Waals surface area contributed by atoms with E-state index in [9.17, 15) is 14.9 Å². The Hall–Kier alpha value is -4.32. The third-order valence-corrected chi connectivity index (χ3v) is 7.37. The van der Waals surface area contributed by atoms with Crippen LogP contribution >= 0.6 is 11.6 Å². The predicted molar refractivity (Wildman–Crippen MR) is 156 cm³/mol. The van der Waals surface area contributed by atoms with Crippen LogP contribution in [0.25, 0.3) is 11.0 Å². The summed E-state index contributed by atoms with van der Waals surface area (Å²) in [5.41, 5.74) is 8.14. The molecule has 0 spiro atoms. The van der Waals surface area contributed by atoms with Crippen molar-refractivity contribution in [1.82, 2.24) is 4.90 Å². The highest BCUT2D eigenvalue weighted by Gasteiger charge is 2.34. The maximum absolute atomic E-state index is 14.1. The van der Waals surface area contributed by atoms with Gasteiger partial charge in [-0.25, -0.2) is 0 Å². The highest BCUT2D eigenvalue weighted by atomic mass is 35.5. The second-order valence-corrected chi connectivity index (χ2v) is 10.7. The first-order chi connectivity index (χ1) is 19.8. The van der Waals surface area contributed by atoms with E-state index in [0.717, 1.165) is 5.56 Å². The molecule has 0 fully saturated rings. The Kier molecular flexibility index (Phi) is 8.29. The lowest BCUT2D eigenvalue weighted by Crippen LogP contribution is -2.40. The van der Waals surface area contributed by atoms with Gasteiger partial charge < -0.3 is 24.5 Å². The highest BCUT2D eigenvalue weighted by Crippen LogP contribution is 2.37. The number of hydrogen-bond donors (Lipinski definition) is 1. The summed E-state index contributed by atoms with van der Waals surface area (Å²) in [6.45, 7) is 4.78. The van der Waals surface area contributed by atoms with Gasteiger partial charge in [-0.15, -0.1) is 0 Å². The summed E-state index contributed by atoms with van der Waals surface area (Å²) in [6, 6.07) is 18.7. The summed E-state index contributed by atoms with van der Waals surface area (Å²) in [5.74, 6) is 1.07. The number of benzene rings is 3. The molecule has 0 aliphatic carbocycles. The van der Waals surface area contributed by atoms with Gasteiger partial charge in [0.15, 0.2) is 16.9 Å². The molecule has 2 heterocycles. The van der Waals surface area contributed by atoms with Gasteiger partial charge in [0.2, 0.25) is 6.79 Å². The summed E-state index contributed by atoms with van der Waals surface area (Å²) in [6.07, 6.45) is 0.765. The van der Waals surface area contributed by atoms with Crippen molar-refractivity contribution in [1.29, 1.82) is 5.26 Å². The quantitative estimate of drug-likeness (QED) is 0.268. The minimum Gasteiger partial charge on any atom is -0.458 e. The maximum atomic E-state index is 14.1. The molecule has 1 amide bonds. The lowest BCUT2D eigenvalue weighted by Gasteiger charge is -2.35. The van der Waals surface area contributed by atoms with Crippen LogP contribution in [0.2, 0.25) is 5.02 Å². The minimum absolute atomic E-state index is 0.0969. The van der Waals surface area contributed by atoms with Crippen molar-refractivity contribution in [3.05, 3.63) is 104 Å². The molecular weight excluding hydrogens is 542 g/mol. The minimum atomic E-state index is -0.607. The normalized spacial score (nSPS) is 12.9. The Labute approximate surface area is 242 Å². The number of nitrogens with two attached hydrogens (primary N) is 1. The molecule has 1 aliphatic heterocycles. The second kappa shape index (κ2) is 12.0. The third-order valence-electron chi connectivity index (χ3n) is 7.14. The molecule has 0 radical (unpaired) electrons. The average molecular weight is 572 g/mol. The summed E-state index contributed by atoms with van der Waals surface area (Å²) in [7, 11) is 0. The SMILES string of the molecule is CC(C)C(c1oc2cc(Cl)ccc2c(=O)c1Cc1cccc(C#N)c1)N(CCCN)C(=O)c1ccc2c(c1)OCO2. The van der Waals surface area contributed by atoms with Crippen molar-refractivity contribution in [3.8, 4) is 17.6 Å². The van der Waals surface area contributed by atoms with Crippen molar-refractivity contribution in [2.45, 2.75) is 32.7 Å². The van der Waals surface area contributed by atoms with Gasteiger partial charge in [-0.2, -0.15) is 5.26 Å². The molecule has 210 valence electrons. The zero-order chi connectivity index (χ0) is 29.1. The van der Waals surface area contributed by atoms with Gasteiger partial charge in [0, 0.05) is 35.2 Å². The first-order valence-corrected chi connectivity index (χ1v) is 13.8. The van der Waals surface area contributed by atoms with E-state index in [1.54, 1.807) is 59.5 Å². The monoisotopic (exact) mass is 571 g/mol. The number of carbonyl (C=O) groups excluding carboxylic acids is 1. The van der Waals surface area contributed by atoms with Crippen LogP contribution in [-0.2, 0) is 6.42 Å². The van der Waals surface area contributed by atoms with E-state index in [4.69, 9.17) is 31.2 Å². The van der Waals surface area contributed by atoms with Crippen molar-refractivity contribution in [3.63, 3.8) is 0 Å². The van der Waals surface area contributed by atoms with Gasteiger partial charge in [-0.05, 0) is 66.9 Å². The summed E-state index contributed by atoms with van der Waals surface area (Å²) in [4.78, 5) is 29.9. The molecular formula is C32H30ClN3O5. The molecule has 2 N–H and O–H groups in total. The molecule has 4 aromatic rings. The number of ether oxygens (including phenoxy) is 2. The number of nitrogens with zero attached hydrogens (tertiary/aromatic N) is 2. The third kappa shape index (κ3) is 5.78. The van der Waals surface area contributed by atoms with E-state index in [1.165, 1.54) is 0 Å². The van der Waals surface area contributed by atoms with Gasteiger partial charge in [0.25, 0.3) is 5.91 Å². The number of halogens is 1. The van der Waals surface area contributed by atoms with Crippen molar-refractivity contribution in [2.75, 3.05) is 19.9 Å². The number of rotatable bonds is 9. The first-order valence-electron chi connectivity index (χ1n) is 13.5. The van der Waals surface area contributed by atoms with Gasteiger partial charge in [-0.1, -0.05) is 37.6 Å². The largest absolute Gasteiger partial charge is 0.458 e. The van der Waals surface area contributed by atoms with Crippen LogP contribution < -0.4 is 20.6 Å². The Morgan fingerprint density at radius 3 is 2.66 bits per heavy atom. The van der Waals surface area contributed by atoms with Crippen LogP contribution in [0, 0.1) is 17.2 Å². The molecule has 0 saturated carbocycles. The standard InChI is InChI=1S/C32H30ClN3O5/c1-19(2)29(36(12-4-11-34)32(38)22-7-10-26-28(15-22)40-18-39-26)31-25(14-20-5-3-6-21(13-20)17-35)30(37)24-9-8-23(33)16-27(24)41-31/h3,5-10,13,15-16,19,29H,4,11-12,14,18,34H2,1-2H3. The van der Waals surface area contributed by atoms with Gasteiger partial charge in [-0.3, -0.25) is 9.59 Å². The van der Waals surface area contributed by atoms with E-state index in [-0.39, 0.29) is 30.5 Å². The Morgan fingerprint density at radius 2 is 1.90 bits per heavy atom. The lowest BCUT2D eigenvalue weighted by atomic mass is 9.91. The molecule has 1 aliphatic rings. The smallest absolute Gasteiger partial charge is 0.254 e. The summed E-state index contributed by atoms with van der Waals surface area (Å²) >= 11 is 6.28. The fourth-order valence-electron chi connectivity index (χ4n) is 5.21. The molecule has 8 nitrogen and oxygen atoms in total. The van der Waals surface area contributed by atoms with Crippen LogP contribution in [0.1, 0.15) is 59.1 Å². The molecule has 9 heteroatoms. The maximum Gasteiger partial charge on any atom is 0.254 e. The van der Waals surface area contributed by atoms with E-state index in [2.05, 4.69) is 6.07 Å². The number of fused-ring (bicyclic) bond motifs is 2. The van der Waals surface area contributed by atoms with Crippen molar-refractivity contribution >= 4 is 28.5 Å². The fourth-order valence-corrected chi connectivity index (χ4v) is 5.37. The first kappa shape index (κ1) is 28.2. The molecule has 3 aromatic carbocycles. The molecule has 1 atom stereocenters. The Morgan fingerprint density at radius 1 is 1.10 bits per heavy atom. The van der Waals surface area contributed by atoms with E-state index < -0.39 is 6.04 Å². The molecule has 1 unspecified atom stereocenters. The molecule has 0 saturated heterocycles. The number of amides is 1. The zero-order valence-electron chi connectivity index (χ0n) is 22.9. The van der Waals surface area contributed by atoms with Crippen molar-refractivity contribution in [2.24, 2.45) is 11.7 Å². The zero-order valence-corrected chi connectivity index (χ0v) is 23.6. The van der Waals surface area contributed by atoms with E-state index in [1.807, 2.05) is 19.9 Å². The van der Waals surface area contributed by atoms with E-state index >= 15 is 0 Å². The van der Waals surface area contributed by atoms with Crippen molar-refractivity contribution < 1.29 is 18.7 Å². The summed E-state index contributed by atoms with van der Waals surface area (Å²) < 4.78 is 17.4. The predicted octanol–water partition coefficient (Wildman–Crippen LogP) is 5.83. The van der Waals surface area contributed by atoms with Crippen LogP contribution in [0.5, 0.6) is 11.5 Å². The molecule has 0 bridgehead atoms. The highest BCUT2D eigenvalue weighted by molar-refractivity contribution is 6.31. The number of carbonyl (C=O) groups is 1. The van der Waals surface area contributed by atoms with Gasteiger partial charge >= 0.3 is 0 Å². The Bertz CT molecular complexity index is 1710. The second-order valence-electron chi connectivity index (χ2n) is 10.3. The van der Waals surface area contributed by atoms with Crippen LogP contribution in [0.3, 0.4) is 0 Å². The summed E-state index contributed by atoms with van der Waals surface area (Å²) in [5, 5.41) is 10.3. The number of hydrogen-bond acceptors (Lipinski definition) is 7. The van der Waals surface area contributed by atoms with E-state index in [0.29, 0.717) is 69.5 Å². The number of nitriles is 1. The Balaban J connectivity index is 1.69. The van der Waals surface area contributed by atoms with Gasteiger partial charge in [0.1, 0.15) is 11.3 Å². The van der Waals surface area contributed by atoms with Crippen LogP contribution in [0.15, 0.2) is 69.9 Å². The fraction of sp³-hybridized carbons (Fsp3) is 0.281. The molecule has 5 rings (SSSR count). The molecule has 41 heavy (non-hydrogen) atoms. The average Bonchev–Trinajstić information content (AvgIpc) is 3.44. The lowest BCUT2D eigenvalue weighted by molar-refractivity contribution is 0.0587. The topological polar surface area (TPSA) is 119 Å². The molecule has 1 aromatic heterocycles. The van der Waals surface area contributed by atoms with Crippen LogP contribution in [-0.4, -0.2) is 30.7 Å². The van der Waals surface area contributed by atoms with Crippen LogP contribution in [0.4, 0.5) is 0 Å².